The third-order valence-corrected chi connectivity index (χ3v) is 6.83. The SMILES string of the molecule is CCN(CC)S(=O)(=O)c1ccc(NC(=O)COC(=O)c2ccc(-c3ccccc3F)o2)cc1. The standard InChI is InChI=1S/C23H23FN2O6S/c1-3-26(4-2)33(29,30)17-11-9-16(10-12-17)25-22(27)15-31-23(28)21-14-13-20(32-21)18-7-5-6-8-19(18)24/h5-14H,3-4,15H2,1-2H3,(H,25,27). The van der Waals surface area contributed by atoms with Gasteiger partial charge < -0.3 is 14.5 Å². The van der Waals surface area contributed by atoms with E-state index in [1.165, 1.54) is 58.9 Å². The summed E-state index contributed by atoms with van der Waals surface area (Å²) in [5, 5.41) is 2.52. The molecule has 0 aliphatic carbocycles. The lowest BCUT2D eigenvalue weighted by atomic mass is 10.1. The fraction of sp³-hybridized carbons (Fsp3) is 0.217. The summed E-state index contributed by atoms with van der Waals surface area (Å²) in [6, 6.07) is 14.4. The summed E-state index contributed by atoms with van der Waals surface area (Å²) in [7, 11) is -3.60. The molecule has 0 saturated heterocycles. The van der Waals surface area contributed by atoms with Crippen LogP contribution in [0.4, 0.5) is 10.1 Å². The zero-order valence-electron chi connectivity index (χ0n) is 18.1. The number of sulfonamides is 1. The number of halogens is 1. The van der Waals surface area contributed by atoms with Crippen molar-refractivity contribution < 1.29 is 31.6 Å². The number of esters is 1. The first-order chi connectivity index (χ1) is 15.8. The maximum Gasteiger partial charge on any atom is 0.374 e. The third-order valence-electron chi connectivity index (χ3n) is 4.76. The number of carbonyl (C=O) groups is 2. The molecule has 0 radical (unpaired) electrons. The zero-order chi connectivity index (χ0) is 24.0. The van der Waals surface area contributed by atoms with E-state index in [9.17, 15) is 22.4 Å². The van der Waals surface area contributed by atoms with Crippen LogP contribution in [0.2, 0.25) is 0 Å². The van der Waals surface area contributed by atoms with Crippen LogP contribution in [-0.2, 0) is 19.6 Å². The molecule has 0 fully saturated rings. The Kier molecular flexibility index (Phi) is 7.62. The minimum atomic E-state index is -3.60. The highest BCUT2D eigenvalue weighted by molar-refractivity contribution is 7.89. The minimum absolute atomic E-state index is 0.110. The second-order valence-electron chi connectivity index (χ2n) is 6.88. The van der Waals surface area contributed by atoms with Crippen molar-refractivity contribution in [2.45, 2.75) is 18.7 Å². The number of hydrogen-bond donors (Lipinski definition) is 1. The van der Waals surface area contributed by atoms with Crippen LogP contribution < -0.4 is 5.32 Å². The molecule has 8 nitrogen and oxygen atoms in total. The molecule has 174 valence electrons. The predicted molar refractivity (Wildman–Crippen MR) is 120 cm³/mol. The number of carbonyl (C=O) groups excluding carboxylic acids is 2. The highest BCUT2D eigenvalue weighted by Crippen LogP contribution is 2.25. The first-order valence-electron chi connectivity index (χ1n) is 10.2. The van der Waals surface area contributed by atoms with E-state index < -0.39 is 34.3 Å². The van der Waals surface area contributed by atoms with Gasteiger partial charge in [-0.1, -0.05) is 26.0 Å². The molecule has 1 aromatic heterocycles. The van der Waals surface area contributed by atoms with Crippen molar-refractivity contribution in [1.82, 2.24) is 4.31 Å². The number of ether oxygens (including phenoxy) is 1. The fourth-order valence-electron chi connectivity index (χ4n) is 3.08. The number of nitrogens with one attached hydrogen (secondary N) is 1. The van der Waals surface area contributed by atoms with Crippen molar-refractivity contribution in [3.8, 4) is 11.3 Å². The third kappa shape index (κ3) is 5.65. The van der Waals surface area contributed by atoms with Gasteiger partial charge in [0.2, 0.25) is 15.8 Å². The van der Waals surface area contributed by atoms with Gasteiger partial charge in [0.25, 0.3) is 5.91 Å². The van der Waals surface area contributed by atoms with Gasteiger partial charge in [0.1, 0.15) is 11.6 Å². The maximum absolute atomic E-state index is 13.8. The van der Waals surface area contributed by atoms with E-state index in [4.69, 9.17) is 9.15 Å². The molecule has 0 unspecified atom stereocenters. The van der Waals surface area contributed by atoms with Crippen LogP contribution in [0.3, 0.4) is 0 Å². The lowest BCUT2D eigenvalue weighted by Crippen LogP contribution is -2.30. The summed E-state index contributed by atoms with van der Waals surface area (Å²) < 4.78 is 50.5. The van der Waals surface area contributed by atoms with Crippen LogP contribution in [0.25, 0.3) is 11.3 Å². The van der Waals surface area contributed by atoms with E-state index in [1.807, 2.05) is 0 Å². The Morgan fingerprint density at radius 2 is 1.67 bits per heavy atom. The summed E-state index contributed by atoms with van der Waals surface area (Å²) in [6.45, 7) is 3.61. The lowest BCUT2D eigenvalue weighted by molar-refractivity contribution is -0.119. The Labute approximate surface area is 191 Å². The monoisotopic (exact) mass is 474 g/mol. The molecule has 2 aromatic carbocycles. The average molecular weight is 475 g/mol. The molecule has 0 aliphatic rings. The van der Waals surface area contributed by atoms with Gasteiger partial charge in [-0.2, -0.15) is 4.31 Å². The van der Waals surface area contributed by atoms with Crippen LogP contribution in [0.5, 0.6) is 0 Å². The topological polar surface area (TPSA) is 106 Å². The molecule has 1 amide bonds. The molecule has 33 heavy (non-hydrogen) atoms. The molecule has 0 saturated carbocycles. The van der Waals surface area contributed by atoms with Gasteiger partial charge in [0.15, 0.2) is 6.61 Å². The number of benzene rings is 2. The Morgan fingerprint density at radius 1 is 1.00 bits per heavy atom. The fourth-order valence-corrected chi connectivity index (χ4v) is 4.53. The number of nitrogens with zero attached hydrogens (tertiary/aromatic N) is 1. The van der Waals surface area contributed by atoms with E-state index >= 15 is 0 Å². The van der Waals surface area contributed by atoms with Gasteiger partial charge in [-0.25, -0.2) is 17.6 Å². The molecule has 3 aromatic rings. The highest BCUT2D eigenvalue weighted by Gasteiger charge is 2.21. The normalized spacial score (nSPS) is 11.4. The van der Waals surface area contributed by atoms with E-state index in [2.05, 4.69) is 5.32 Å². The number of hydrogen-bond acceptors (Lipinski definition) is 6. The van der Waals surface area contributed by atoms with Crippen molar-refractivity contribution in [3.63, 3.8) is 0 Å². The van der Waals surface area contributed by atoms with Crippen molar-refractivity contribution in [1.29, 1.82) is 0 Å². The summed E-state index contributed by atoms with van der Waals surface area (Å²) in [6.07, 6.45) is 0. The first-order valence-corrected chi connectivity index (χ1v) is 11.6. The second kappa shape index (κ2) is 10.4. The second-order valence-corrected chi connectivity index (χ2v) is 8.82. The van der Waals surface area contributed by atoms with Crippen molar-refractivity contribution in [2.75, 3.05) is 25.0 Å². The molecule has 0 bridgehead atoms. The van der Waals surface area contributed by atoms with Crippen LogP contribution in [0.15, 0.2) is 70.0 Å². The number of furan rings is 1. The summed E-state index contributed by atoms with van der Waals surface area (Å²) >= 11 is 0. The molecule has 3 rings (SSSR count). The molecule has 1 heterocycles. The molecule has 0 aliphatic heterocycles. The molecule has 1 N–H and O–H groups in total. The quantitative estimate of drug-likeness (QED) is 0.472. The van der Waals surface area contributed by atoms with Gasteiger partial charge in [-0.3, -0.25) is 4.79 Å². The molecular formula is C23H23FN2O6S. The number of anilines is 1. The van der Waals surface area contributed by atoms with Crippen LogP contribution in [0, 0.1) is 5.82 Å². The zero-order valence-corrected chi connectivity index (χ0v) is 18.9. The van der Waals surface area contributed by atoms with Crippen molar-refractivity contribution in [3.05, 3.63) is 72.2 Å². The Hall–Kier alpha value is -3.50. The first kappa shape index (κ1) is 24.1. The maximum atomic E-state index is 13.8. The van der Waals surface area contributed by atoms with E-state index in [1.54, 1.807) is 19.9 Å². The summed E-state index contributed by atoms with van der Waals surface area (Å²) in [4.78, 5) is 24.4. The average Bonchev–Trinajstić information content (AvgIpc) is 3.29. The Bertz CT molecular complexity index is 1230. The van der Waals surface area contributed by atoms with E-state index in [0.29, 0.717) is 18.8 Å². The minimum Gasteiger partial charge on any atom is -0.450 e. The lowest BCUT2D eigenvalue weighted by Gasteiger charge is -2.18. The van der Waals surface area contributed by atoms with Crippen LogP contribution >= 0.6 is 0 Å². The molecular weight excluding hydrogens is 451 g/mol. The van der Waals surface area contributed by atoms with Crippen LogP contribution in [0.1, 0.15) is 24.4 Å². The van der Waals surface area contributed by atoms with Gasteiger partial charge >= 0.3 is 5.97 Å². The Balaban J connectivity index is 1.56. The number of amides is 1. The molecule has 10 heteroatoms. The van der Waals surface area contributed by atoms with E-state index in [0.717, 1.165) is 0 Å². The van der Waals surface area contributed by atoms with Crippen LogP contribution in [-0.4, -0.2) is 44.3 Å². The summed E-state index contributed by atoms with van der Waals surface area (Å²) in [5.74, 6) is -2.02. The molecule has 0 spiro atoms. The Morgan fingerprint density at radius 3 is 2.30 bits per heavy atom. The van der Waals surface area contributed by atoms with E-state index in [-0.39, 0.29) is 22.0 Å². The molecule has 0 atom stereocenters. The van der Waals surface area contributed by atoms with Gasteiger partial charge in [0, 0.05) is 18.8 Å². The largest absolute Gasteiger partial charge is 0.450 e. The van der Waals surface area contributed by atoms with Crippen molar-refractivity contribution >= 4 is 27.6 Å². The summed E-state index contributed by atoms with van der Waals surface area (Å²) in [5.41, 5.74) is 0.537. The van der Waals surface area contributed by atoms with Gasteiger partial charge in [0.05, 0.1) is 10.5 Å². The van der Waals surface area contributed by atoms with Crippen molar-refractivity contribution in [2.24, 2.45) is 0 Å². The number of rotatable bonds is 9. The van der Waals surface area contributed by atoms with Gasteiger partial charge in [-0.15, -0.1) is 0 Å². The highest BCUT2D eigenvalue weighted by atomic mass is 32.2. The van der Waals surface area contributed by atoms with Gasteiger partial charge in [-0.05, 0) is 48.5 Å². The predicted octanol–water partition coefficient (Wildman–Crippen LogP) is 3.91. The smallest absolute Gasteiger partial charge is 0.374 e.